The molecule has 0 fully saturated rings. The van der Waals surface area contributed by atoms with Gasteiger partial charge in [0, 0.05) is 27.1 Å². The van der Waals surface area contributed by atoms with Gasteiger partial charge in [-0.25, -0.2) is 9.59 Å². The van der Waals surface area contributed by atoms with E-state index in [1.54, 1.807) is 45.0 Å². The topological polar surface area (TPSA) is 72.9 Å². The number of nitrogens with zero attached hydrogens (tertiary/aromatic N) is 1. The number of hydrogen-bond acceptors (Lipinski definition) is 5. The summed E-state index contributed by atoms with van der Waals surface area (Å²) in [5, 5.41) is 0. The van der Waals surface area contributed by atoms with Crippen LogP contribution in [0, 0.1) is 0 Å². The number of rotatable bonds is 8. The number of ether oxygens (including phenoxy) is 2. The molecule has 156 valence electrons. The first kappa shape index (κ1) is 23.9. The van der Waals surface area contributed by atoms with Crippen LogP contribution < -0.4 is 0 Å². The van der Waals surface area contributed by atoms with Crippen molar-refractivity contribution in [2.24, 2.45) is 0 Å². The molecule has 1 aromatic rings. The molecule has 0 spiro atoms. The Hall–Kier alpha value is -2.15. The van der Waals surface area contributed by atoms with E-state index in [0.29, 0.717) is 17.7 Å². The third-order valence-electron chi connectivity index (χ3n) is 4.11. The van der Waals surface area contributed by atoms with E-state index in [2.05, 4.69) is 19.6 Å². The lowest BCUT2D eigenvalue weighted by atomic mass is 10.0. The van der Waals surface area contributed by atoms with Crippen LogP contribution >= 0.6 is 0 Å². The fourth-order valence-corrected chi connectivity index (χ4v) is 3.15. The van der Waals surface area contributed by atoms with Gasteiger partial charge in [0.1, 0.15) is 17.9 Å². The van der Waals surface area contributed by atoms with Crippen LogP contribution in [0.3, 0.4) is 0 Å². The van der Waals surface area contributed by atoms with Gasteiger partial charge in [-0.05, 0) is 32.4 Å². The van der Waals surface area contributed by atoms with E-state index >= 15 is 0 Å². The van der Waals surface area contributed by atoms with Gasteiger partial charge in [0.05, 0.1) is 6.61 Å². The molecule has 0 aliphatic heterocycles. The van der Waals surface area contributed by atoms with Crippen molar-refractivity contribution in [3.05, 3.63) is 35.4 Å². The van der Waals surface area contributed by atoms with Crippen LogP contribution in [0.25, 0.3) is 0 Å². The normalized spacial score (nSPS) is 12.8. The summed E-state index contributed by atoms with van der Waals surface area (Å²) in [4.78, 5) is 37.9. The molecular weight excluding hydrogens is 374 g/mol. The Labute approximate surface area is 169 Å². The SMILES string of the molecule is CN(C(=O)OC(C)(C)C)[C@@H](Cc1ccccc1C=O)C(=O)OCC[Si](C)(C)C. The highest BCUT2D eigenvalue weighted by Gasteiger charge is 2.32. The quantitative estimate of drug-likeness (QED) is 0.367. The van der Waals surface area contributed by atoms with E-state index in [1.807, 2.05) is 0 Å². The molecule has 7 heteroatoms. The maximum absolute atomic E-state index is 12.8. The zero-order valence-electron chi connectivity index (χ0n) is 18.1. The molecule has 1 aromatic carbocycles. The van der Waals surface area contributed by atoms with Crippen LogP contribution in [0.4, 0.5) is 4.79 Å². The first-order valence-electron chi connectivity index (χ1n) is 9.49. The van der Waals surface area contributed by atoms with Crippen molar-refractivity contribution in [3.63, 3.8) is 0 Å². The van der Waals surface area contributed by atoms with Crippen molar-refractivity contribution < 1.29 is 23.9 Å². The first-order chi connectivity index (χ1) is 12.8. The van der Waals surface area contributed by atoms with E-state index in [4.69, 9.17) is 9.47 Å². The van der Waals surface area contributed by atoms with E-state index in [9.17, 15) is 14.4 Å². The molecule has 0 saturated heterocycles. The molecule has 1 rings (SSSR count). The third kappa shape index (κ3) is 8.25. The Balaban J connectivity index is 3.03. The molecule has 0 aliphatic carbocycles. The zero-order valence-corrected chi connectivity index (χ0v) is 19.1. The highest BCUT2D eigenvalue weighted by atomic mass is 28.3. The summed E-state index contributed by atoms with van der Waals surface area (Å²) in [6, 6.07) is 6.97. The number of likely N-dealkylation sites (N-methyl/N-ethyl adjacent to an activating group) is 1. The molecule has 0 aromatic heterocycles. The Morgan fingerprint density at radius 3 is 2.32 bits per heavy atom. The zero-order chi connectivity index (χ0) is 21.5. The van der Waals surface area contributed by atoms with E-state index in [-0.39, 0.29) is 6.42 Å². The van der Waals surface area contributed by atoms with Gasteiger partial charge in [-0.2, -0.15) is 0 Å². The summed E-state index contributed by atoms with van der Waals surface area (Å²) in [5.74, 6) is -0.493. The van der Waals surface area contributed by atoms with Crippen molar-refractivity contribution in [2.75, 3.05) is 13.7 Å². The molecule has 0 radical (unpaired) electrons. The molecular formula is C21H33NO5Si. The standard InChI is InChI=1S/C21H33NO5Si/c1-21(2,3)27-20(25)22(4)18(19(24)26-12-13-28(5,6)7)14-16-10-8-9-11-17(16)15-23/h8-11,15,18H,12-14H2,1-7H3/t18-/m0/s1. The highest BCUT2D eigenvalue weighted by Crippen LogP contribution is 2.17. The van der Waals surface area contributed by atoms with Crippen molar-refractivity contribution in [1.29, 1.82) is 0 Å². The fraction of sp³-hybridized carbons (Fsp3) is 0.571. The molecule has 1 amide bonds. The lowest BCUT2D eigenvalue weighted by Crippen LogP contribution is -2.47. The van der Waals surface area contributed by atoms with Gasteiger partial charge in [-0.1, -0.05) is 43.9 Å². The minimum Gasteiger partial charge on any atom is -0.464 e. The predicted molar refractivity (Wildman–Crippen MR) is 112 cm³/mol. The molecule has 0 N–H and O–H groups in total. The van der Waals surface area contributed by atoms with E-state index in [0.717, 1.165) is 12.3 Å². The summed E-state index contributed by atoms with van der Waals surface area (Å²) in [6.45, 7) is 12.2. The van der Waals surface area contributed by atoms with Crippen LogP contribution in [-0.4, -0.2) is 56.6 Å². The number of carbonyl (C=O) groups excluding carboxylic acids is 3. The molecule has 28 heavy (non-hydrogen) atoms. The molecule has 6 nitrogen and oxygen atoms in total. The average molecular weight is 408 g/mol. The van der Waals surface area contributed by atoms with Crippen molar-refractivity contribution in [3.8, 4) is 0 Å². The molecule has 0 heterocycles. The second-order valence-electron chi connectivity index (χ2n) is 9.11. The molecule has 0 aliphatic rings. The monoisotopic (exact) mass is 407 g/mol. The van der Waals surface area contributed by atoms with E-state index in [1.165, 1.54) is 11.9 Å². The van der Waals surface area contributed by atoms with Crippen molar-refractivity contribution in [2.45, 2.75) is 64.5 Å². The van der Waals surface area contributed by atoms with Gasteiger partial charge >= 0.3 is 12.1 Å². The summed E-state index contributed by atoms with van der Waals surface area (Å²) < 4.78 is 10.9. The molecule has 0 saturated carbocycles. The maximum atomic E-state index is 12.8. The Morgan fingerprint density at radius 2 is 1.79 bits per heavy atom. The summed E-state index contributed by atoms with van der Waals surface area (Å²) in [5.41, 5.74) is 0.485. The third-order valence-corrected chi connectivity index (χ3v) is 5.82. The number of carbonyl (C=O) groups is 3. The lowest BCUT2D eigenvalue weighted by molar-refractivity contribution is -0.148. The largest absolute Gasteiger partial charge is 0.464 e. The Morgan fingerprint density at radius 1 is 1.18 bits per heavy atom. The maximum Gasteiger partial charge on any atom is 0.410 e. The summed E-state index contributed by atoms with van der Waals surface area (Å²) in [6.07, 6.45) is 0.315. The number of amides is 1. The van der Waals surface area contributed by atoms with Gasteiger partial charge in [-0.15, -0.1) is 0 Å². The molecule has 1 atom stereocenters. The smallest absolute Gasteiger partial charge is 0.410 e. The number of hydrogen-bond donors (Lipinski definition) is 0. The Bertz CT molecular complexity index is 691. The Kier molecular flexibility index (Phi) is 8.41. The summed E-state index contributed by atoms with van der Waals surface area (Å²) >= 11 is 0. The van der Waals surface area contributed by atoms with Crippen LogP contribution in [0.5, 0.6) is 0 Å². The second-order valence-corrected chi connectivity index (χ2v) is 14.7. The second kappa shape index (κ2) is 9.86. The number of benzene rings is 1. The fourth-order valence-electron chi connectivity index (χ4n) is 2.44. The molecule has 0 unspecified atom stereocenters. The van der Waals surface area contributed by atoms with Crippen LogP contribution in [0.1, 0.15) is 36.7 Å². The minimum absolute atomic E-state index is 0.177. The number of aldehydes is 1. The van der Waals surface area contributed by atoms with Gasteiger partial charge in [0.25, 0.3) is 0 Å². The van der Waals surface area contributed by atoms with Crippen LogP contribution in [0.2, 0.25) is 25.7 Å². The molecule has 0 bridgehead atoms. The predicted octanol–water partition coefficient (Wildman–Crippen LogP) is 4.16. The summed E-state index contributed by atoms with van der Waals surface area (Å²) in [7, 11) is 0.159. The average Bonchev–Trinajstić information content (AvgIpc) is 2.56. The number of esters is 1. The van der Waals surface area contributed by atoms with Crippen LogP contribution in [-0.2, 0) is 20.7 Å². The van der Waals surface area contributed by atoms with Gasteiger partial charge in [0.2, 0.25) is 0 Å². The van der Waals surface area contributed by atoms with Crippen molar-refractivity contribution >= 4 is 26.4 Å². The van der Waals surface area contributed by atoms with Gasteiger partial charge in [0.15, 0.2) is 0 Å². The van der Waals surface area contributed by atoms with Crippen LogP contribution in [0.15, 0.2) is 24.3 Å². The first-order valence-corrected chi connectivity index (χ1v) is 13.2. The van der Waals surface area contributed by atoms with Gasteiger partial charge < -0.3 is 9.47 Å². The lowest BCUT2D eigenvalue weighted by Gasteiger charge is -2.30. The highest BCUT2D eigenvalue weighted by molar-refractivity contribution is 6.76. The van der Waals surface area contributed by atoms with Gasteiger partial charge in [-0.3, -0.25) is 9.69 Å². The van der Waals surface area contributed by atoms with E-state index < -0.39 is 31.8 Å². The minimum atomic E-state index is -1.36. The van der Waals surface area contributed by atoms with Crippen molar-refractivity contribution in [1.82, 2.24) is 4.90 Å².